The molecule has 4 aliphatic rings. The first kappa shape index (κ1) is 20.1. The van der Waals surface area contributed by atoms with Crippen molar-refractivity contribution in [1.29, 1.82) is 0 Å². The highest BCUT2D eigenvalue weighted by molar-refractivity contribution is 5.83. The average molecular weight is 398 g/mol. The van der Waals surface area contributed by atoms with Crippen LogP contribution in [-0.2, 0) is 33.7 Å². The van der Waals surface area contributed by atoms with Crippen LogP contribution in [0.3, 0.4) is 0 Å². The minimum absolute atomic E-state index is 0.104. The Kier molecular flexibility index (Phi) is 5.66. The van der Waals surface area contributed by atoms with Crippen LogP contribution in [0.5, 0.6) is 0 Å². The third-order valence-electron chi connectivity index (χ3n) is 8.27. The summed E-state index contributed by atoms with van der Waals surface area (Å²) >= 11 is 0. The van der Waals surface area contributed by atoms with Gasteiger partial charge < -0.3 is 9.47 Å². The Labute approximate surface area is 164 Å². The summed E-state index contributed by atoms with van der Waals surface area (Å²) in [4.78, 5) is 38.9. The summed E-state index contributed by atoms with van der Waals surface area (Å²) in [7, 11) is 0. The summed E-state index contributed by atoms with van der Waals surface area (Å²) in [5, 5.41) is 8.35. The van der Waals surface area contributed by atoms with Crippen molar-refractivity contribution in [2.75, 3.05) is 20.2 Å². The van der Waals surface area contributed by atoms with E-state index < -0.39 is 24.6 Å². The number of hydrogen-bond acceptors (Lipinski definition) is 8. The topological polar surface area (TPSA) is 101 Å². The lowest BCUT2D eigenvalue weighted by Crippen LogP contribution is -2.47. The van der Waals surface area contributed by atoms with Gasteiger partial charge in [0, 0.05) is 6.61 Å². The third kappa shape index (κ3) is 2.96. The van der Waals surface area contributed by atoms with Gasteiger partial charge in [0.05, 0.1) is 11.8 Å². The highest BCUT2D eigenvalue weighted by Gasteiger charge is 2.71. The number of ether oxygens (including phenoxy) is 2. The Morgan fingerprint density at radius 1 is 0.893 bits per heavy atom. The van der Waals surface area contributed by atoms with E-state index in [2.05, 4.69) is 23.6 Å². The zero-order chi connectivity index (χ0) is 20.0. The van der Waals surface area contributed by atoms with E-state index >= 15 is 0 Å². The van der Waals surface area contributed by atoms with Crippen molar-refractivity contribution < 1.29 is 39.0 Å². The van der Waals surface area contributed by atoms with Crippen LogP contribution < -0.4 is 0 Å². The number of esters is 1. The normalized spacial score (nSPS) is 45.3. The molecule has 0 saturated heterocycles. The molecule has 10 unspecified atom stereocenters. The van der Waals surface area contributed by atoms with E-state index in [1.807, 2.05) is 6.92 Å². The minimum atomic E-state index is -0.582. The lowest BCUT2D eigenvalue weighted by molar-refractivity contribution is -0.385. The smallest absolute Gasteiger partial charge is 0.346 e. The zero-order valence-electron chi connectivity index (χ0n) is 16.6. The molecule has 4 rings (SSSR count). The summed E-state index contributed by atoms with van der Waals surface area (Å²) < 4.78 is 10.5. The summed E-state index contributed by atoms with van der Waals surface area (Å²) in [6.07, 6.45) is 2.05. The van der Waals surface area contributed by atoms with Gasteiger partial charge in [0.2, 0.25) is 6.79 Å². The van der Waals surface area contributed by atoms with E-state index in [1.165, 1.54) is 6.42 Å². The quantitative estimate of drug-likeness (QED) is 0.166. The van der Waals surface area contributed by atoms with Crippen LogP contribution in [0.15, 0.2) is 0 Å². The molecule has 0 radical (unpaired) electrons. The van der Waals surface area contributed by atoms with E-state index in [0.29, 0.717) is 42.1 Å². The van der Waals surface area contributed by atoms with Gasteiger partial charge >= 0.3 is 11.9 Å². The molecule has 158 valence electrons. The molecule has 0 heterocycles. The number of carbonyl (C=O) groups excluding carboxylic acids is 2. The van der Waals surface area contributed by atoms with Crippen molar-refractivity contribution in [3.63, 3.8) is 0 Å². The Hall–Kier alpha value is -1.22. The fourth-order valence-electron chi connectivity index (χ4n) is 7.33. The summed E-state index contributed by atoms with van der Waals surface area (Å²) in [6, 6.07) is 0. The summed E-state index contributed by atoms with van der Waals surface area (Å²) in [5.74, 6) is 1.65. The van der Waals surface area contributed by atoms with Crippen LogP contribution in [0.1, 0.15) is 33.6 Å². The summed E-state index contributed by atoms with van der Waals surface area (Å²) in [5.41, 5.74) is 0. The number of fused-ring (bicyclic) bond motifs is 9. The highest BCUT2D eigenvalue weighted by Crippen LogP contribution is 2.72. The number of hydrogen-bond donors (Lipinski definition) is 1. The standard InChI is InChI=1S/C20H30O8/c1-4-24-7-25-19(21)17-13-6-14(18(17)20(22)28-27-8-26-23)16-12-5-11(15(13)16)9(2)10(12)3/h9-18,23H,4-8H2,1-3H3. The predicted molar refractivity (Wildman–Crippen MR) is 93.8 cm³/mol. The van der Waals surface area contributed by atoms with Crippen molar-refractivity contribution in [1.82, 2.24) is 0 Å². The minimum Gasteiger partial charge on any atom is -0.438 e. The van der Waals surface area contributed by atoms with Gasteiger partial charge in [-0.3, -0.25) is 9.68 Å². The summed E-state index contributed by atoms with van der Waals surface area (Å²) in [6.45, 7) is 6.25. The van der Waals surface area contributed by atoms with Crippen molar-refractivity contribution in [3.05, 3.63) is 0 Å². The maximum atomic E-state index is 12.9. The molecule has 10 atom stereocenters. The SMILES string of the molecule is CCOCOC(=O)C1C2CC(C1C(=O)OOCOO)C1C3CC(C(C)C3C)C21. The zero-order valence-corrected chi connectivity index (χ0v) is 16.6. The van der Waals surface area contributed by atoms with Crippen LogP contribution in [0.25, 0.3) is 0 Å². The molecule has 0 aromatic carbocycles. The lowest BCUT2D eigenvalue weighted by atomic mass is 9.59. The molecule has 0 spiro atoms. The molecule has 4 fully saturated rings. The van der Waals surface area contributed by atoms with Crippen molar-refractivity contribution in [2.24, 2.45) is 59.2 Å². The second kappa shape index (κ2) is 7.89. The molecule has 28 heavy (non-hydrogen) atoms. The van der Waals surface area contributed by atoms with Crippen LogP contribution in [0.4, 0.5) is 0 Å². The fourth-order valence-corrected chi connectivity index (χ4v) is 7.33. The van der Waals surface area contributed by atoms with E-state index in [1.54, 1.807) is 0 Å². The van der Waals surface area contributed by atoms with E-state index in [0.717, 1.165) is 6.42 Å². The van der Waals surface area contributed by atoms with Gasteiger partial charge in [-0.1, -0.05) is 13.8 Å². The first-order valence-electron chi connectivity index (χ1n) is 10.3. The third-order valence-corrected chi connectivity index (χ3v) is 8.27. The Balaban J connectivity index is 1.55. The van der Waals surface area contributed by atoms with Crippen LogP contribution in [0, 0.1) is 59.2 Å². The first-order valence-corrected chi connectivity index (χ1v) is 10.3. The fraction of sp³-hybridized carbons (Fsp3) is 0.900. The van der Waals surface area contributed by atoms with Gasteiger partial charge in [0.1, 0.15) is 0 Å². The van der Waals surface area contributed by atoms with E-state index in [-0.39, 0.29) is 24.6 Å². The van der Waals surface area contributed by atoms with Gasteiger partial charge in [-0.15, -0.1) is 0 Å². The molecule has 8 nitrogen and oxygen atoms in total. The molecule has 0 aliphatic heterocycles. The molecule has 0 aromatic heterocycles. The molecule has 1 N–H and O–H groups in total. The Bertz CT molecular complexity index is 559. The second-order valence-electron chi connectivity index (χ2n) is 8.89. The van der Waals surface area contributed by atoms with Gasteiger partial charge in [0.15, 0.2) is 6.79 Å². The average Bonchev–Trinajstić information content (AvgIpc) is 3.40. The monoisotopic (exact) mass is 398 g/mol. The van der Waals surface area contributed by atoms with Crippen LogP contribution in [-0.4, -0.2) is 37.4 Å². The van der Waals surface area contributed by atoms with E-state index in [4.69, 9.17) is 19.6 Å². The first-order chi connectivity index (χ1) is 13.5. The van der Waals surface area contributed by atoms with Crippen molar-refractivity contribution in [3.8, 4) is 0 Å². The second-order valence-corrected chi connectivity index (χ2v) is 8.89. The van der Waals surface area contributed by atoms with Crippen molar-refractivity contribution >= 4 is 11.9 Å². The maximum Gasteiger partial charge on any atom is 0.346 e. The number of carbonyl (C=O) groups is 2. The molecule has 4 aliphatic carbocycles. The van der Waals surface area contributed by atoms with Crippen molar-refractivity contribution in [2.45, 2.75) is 33.6 Å². The van der Waals surface area contributed by atoms with Crippen LogP contribution in [0.2, 0.25) is 0 Å². The molecule has 8 heteroatoms. The van der Waals surface area contributed by atoms with Gasteiger partial charge in [0.25, 0.3) is 0 Å². The largest absolute Gasteiger partial charge is 0.438 e. The van der Waals surface area contributed by atoms with Crippen LogP contribution >= 0.6 is 0 Å². The Morgan fingerprint density at radius 2 is 1.46 bits per heavy atom. The molecule has 0 aromatic rings. The molecular weight excluding hydrogens is 368 g/mol. The Morgan fingerprint density at radius 3 is 2.04 bits per heavy atom. The number of rotatable bonds is 8. The predicted octanol–water partition coefficient (Wildman–Crippen LogP) is 2.48. The molecular formula is C20H30O8. The highest BCUT2D eigenvalue weighted by atomic mass is 17.3. The molecule has 0 amide bonds. The van der Waals surface area contributed by atoms with E-state index in [9.17, 15) is 9.59 Å². The molecule has 4 saturated carbocycles. The maximum absolute atomic E-state index is 12.9. The van der Waals surface area contributed by atoms with Gasteiger partial charge in [-0.25, -0.2) is 14.9 Å². The molecule has 4 bridgehead atoms. The van der Waals surface area contributed by atoms with Gasteiger partial charge in [-0.2, -0.15) is 4.89 Å². The lowest BCUT2D eigenvalue weighted by Gasteiger charge is -2.45. The van der Waals surface area contributed by atoms with Gasteiger partial charge in [-0.05, 0) is 67.1 Å².